The van der Waals surface area contributed by atoms with Gasteiger partial charge in [-0.1, -0.05) is 0 Å². The highest BCUT2D eigenvalue weighted by Crippen LogP contribution is 2.18. The zero-order valence-electron chi connectivity index (χ0n) is 9.84. The molecule has 84 valence electrons. The van der Waals surface area contributed by atoms with Crippen LogP contribution in [-0.4, -0.2) is 22.1 Å². The molecule has 2 rings (SSSR count). The summed E-state index contributed by atoms with van der Waals surface area (Å²) >= 11 is 2.06. The highest BCUT2D eigenvalue weighted by Gasteiger charge is 2.15. The second-order valence-corrected chi connectivity index (χ2v) is 5.55. The largest absolute Gasteiger partial charge is 0.352 e. The standard InChI is InChI=1S/C12H20N2S/c1-9-6-11(10(2)14(9)3)7-13-12-4-5-15-8-12/h6,12-13H,4-5,7-8H2,1-3H3. The molecule has 2 heterocycles. The molecule has 0 saturated carbocycles. The van der Waals surface area contributed by atoms with Crippen molar-refractivity contribution < 1.29 is 0 Å². The number of thioether (sulfide) groups is 1. The summed E-state index contributed by atoms with van der Waals surface area (Å²) in [6, 6.07) is 3.03. The maximum atomic E-state index is 3.65. The number of hydrogen-bond donors (Lipinski definition) is 1. The van der Waals surface area contributed by atoms with Gasteiger partial charge in [0.1, 0.15) is 0 Å². The minimum absolute atomic E-state index is 0.731. The average molecular weight is 224 g/mol. The topological polar surface area (TPSA) is 17.0 Å². The third-order valence-corrected chi connectivity index (χ3v) is 4.55. The van der Waals surface area contributed by atoms with Crippen LogP contribution in [0.5, 0.6) is 0 Å². The van der Waals surface area contributed by atoms with Gasteiger partial charge in [0.25, 0.3) is 0 Å². The lowest BCUT2D eigenvalue weighted by Crippen LogP contribution is -2.28. The minimum Gasteiger partial charge on any atom is -0.352 e. The van der Waals surface area contributed by atoms with Crippen molar-refractivity contribution in [3.05, 3.63) is 23.0 Å². The van der Waals surface area contributed by atoms with E-state index in [0.717, 1.165) is 12.6 Å². The molecule has 1 N–H and O–H groups in total. The first-order valence-corrected chi connectivity index (χ1v) is 6.77. The summed E-state index contributed by atoms with van der Waals surface area (Å²) in [5.74, 6) is 2.61. The molecule has 1 aliphatic rings. The van der Waals surface area contributed by atoms with Gasteiger partial charge in [-0.2, -0.15) is 11.8 Å². The number of rotatable bonds is 3. The normalized spacial score (nSPS) is 21.1. The molecule has 1 aromatic heterocycles. The lowest BCUT2D eigenvalue weighted by Gasteiger charge is -2.10. The van der Waals surface area contributed by atoms with Gasteiger partial charge in [0, 0.05) is 36.8 Å². The Bertz CT molecular complexity index is 338. The highest BCUT2D eigenvalue weighted by atomic mass is 32.2. The fraction of sp³-hybridized carbons (Fsp3) is 0.667. The van der Waals surface area contributed by atoms with E-state index in [-0.39, 0.29) is 0 Å². The Balaban J connectivity index is 1.95. The van der Waals surface area contributed by atoms with Crippen molar-refractivity contribution in [2.45, 2.75) is 32.9 Å². The number of aryl methyl sites for hydroxylation is 1. The van der Waals surface area contributed by atoms with E-state index in [4.69, 9.17) is 0 Å². The molecule has 15 heavy (non-hydrogen) atoms. The van der Waals surface area contributed by atoms with Crippen LogP contribution < -0.4 is 5.32 Å². The Labute approximate surface area is 96.4 Å². The molecular weight excluding hydrogens is 204 g/mol. The second kappa shape index (κ2) is 4.62. The summed E-state index contributed by atoms with van der Waals surface area (Å²) in [7, 11) is 2.14. The van der Waals surface area contributed by atoms with E-state index < -0.39 is 0 Å². The Morgan fingerprint density at radius 3 is 2.87 bits per heavy atom. The van der Waals surface area contributed by atoms with Crippen LogP contribution in [0.3, 0.4) is 0 Å². The first kappa shape index (κ1) is 11.1. The van der Waals surface area contributed by atoms with Crippen molar-refractivity contribution in [1.82, 2.24) is 9.88 Å². The number of aromatic nitrogens is 1. The van der Waals surface area contributed by atoms with Crippen LogP contribution in [0.15, 0.2) is 6.07 Å². The number of nitrogens with one attached hydrogen (secondary N) is 1. The van der Waals surface area contributed by atoms with E-state index in [1.165, 1.54) is 34.9 Å². The van der Waals surface area contributed by atoms with Gasteiger partial charge < -0.3 is 9.88 Å². The van der Waals surface area contributed by atoms with Gasteiger partial charge in [0.15, 0.2) is 0 Å². The first-order chi connectivity index (χ1) is 7.18. The van der Waals surface area contributed by atoms with Gasteiger partial charge >= 0.3 is 0 Å². The monoisotopic (exact) mass is 224 g/mol. The fourth-order valence-electron chi connectivity index (χ4n) is 2.06. The van der Waals surface area contributed by atoms with Gasteiger partial charge in [-0.3, -0.25) is 0 Å². The molecule has 2 nitrogen and oxygen atoms in total. The second-order valence-electron chi connectivity index (χ2n) is 4.40. The molecule has 0 bridgehead atoms. The summed E-state index contributed by atoms with van der Waals surface area (Å²) < 4.78 is 2.26. The van der Waals surface area contributed by atoms with Gasteiger partial charge in [-0.05, 0) is 37.7 Å². The Morgan fingerprint density at radius 1 is 1.53 bits per heavy atom. The molecule has 1 fully saturated rings. The molecule has 1 saturated heterocycles. The molecule has 1 unspecified atom stereocenters. The third kappa shape index (κ3) is 2.40. The van der Waals surface area contributed by atoms with Crippen molar-refractivity contribution in [3.63, 3.8) is 0 Å². The van der Waals surface area contributed by atoms with Gasteiger partial charge in [0.2, 0.25) is 0 Å². The molecule has 0 amide bonds. The zero-order valence-corrected chi connectivity index (χ0v) is 10.7. The van der Waals surface area contributed by atoms with Crippen LogP contribution in [0, 0.1) is 13.8 Å². The predicted molar refractivity (Wildman–Crippen MR) is 67.5 cm³/mol. The minimum atomic E-state index is 0.731. The Kier molecular flexibility index (Phi) is 3.42. The quantitative estimate of drug-likeness (QED) is 0.848. The van der Waals surface area contributed by atoms with E-state index in [9.17, 15) is 0 Å². The zero-order chi connectivity index (χ0) is 10.8. The lowest BCUT2D eigenvalue weighted by molar-refractivity contribution is 0.556. The molecule has 0 radical (unpaired) electrons. The first-order valence-electron chi connectivity index (χ1n) is 5.61. The maximum Gasteiger partial charge on any atom is 0.0226 e. The van der Waals surface area contributed by atoms with E-state index in [1.54, 1.807) is 0 Å². The summed E-state index contributed by atoms with van der Waals surface area (Å²) in [5, 5.41) is 3.65. The maximum absolute atomic E-state index is 3.65. The van der Waals surface area contributed by atoms with Crippen LogP contribution in [0.1, 0.15) is 23.4 Å². The molecule has 3 heteroatoms. The van der Waals surface area contributed by atoms with Gasteiger partial charge in [0.05, 0.1) is 0 Å². The fourth-order valence-corrected chi connectivity index (χ4v) is 3.25. The van der Waals surface area contributed by atoms with Crippen molar-refractivity contribution in [2.75, 3.05) is 11.5 Å². The van der Waals surface area contributed by atoms with Crippen LogP contribution in [-0.2, 0) is 13.6 Å². The number of hydrogen-bond acceptors (Lipinski definition) is 2. The van der Waals surface area contributed by atoms with Gasteiger partial charge in [-0.25, -0.2) is 0 Å². The lowest BCUT2D eigenvalue weighted by atomic mass is 10.2. The summed E-state index contributed by atoms with van der Waals surface area (Å²) in [6.07, 6.45) is 1.33. The molecular formula is C12H20N2S. The molecule has 0 aliphatic carbocycles. The summed E-state index contributed by atoms with van der Waals surface area (Å²) in [4.78, 5) is 0. The molecule has 0 spiro atoms. The van der Waals surface area contributed by atoms with Crippen molar-refractivity contribution in [3.8, 4) is 0 Å². The van der Waals surface area contributed by atoms with E-state index in [1.807, 2.05) is 0 Å². The highest BCUT2D eigenvalue weighted by molar-refractivity contribution is 7.99. The molecule has 1 aliphatic heterocycles. The SMILES string of the molecule is Cc1cc(CNC2CCSC2)c(C)n1C. The van der Waals surface area contributed by atoms with Crippen molar-refractivity contribution in [1.29, 1.82) is 0 Å². The molecule has 1 aromatic rings. The van der Waals surface area contributed by atoms with E-state index in [0.29, 0.717) is 0 Å². The van der Waals surface area contributed by atoms with Crippen LogP contribution in [0.2, 0.25) is 0 Å². The smallest absolute Gasteiger partial charge is 0.0226 e. The van der Waals surface area contributed by atoms with Crippen LogP contribution >= 0.6 is 11.8 Å². The Hall–Kier alpha value is -0.410. The third-order valence-electron chi connectivity index (χ3n) is 3.39. The van der Waals surface area contributed by atoms with E-state index in [2.05, 4.69) is 48.6 Å². The van der Waals surface area contributed by atoms with Gasteiger partial charge in [-0.15, -0.1) is 0 Å². The number of nitrogens with zero attached hydrogens (tertiary/aromatic N) is 1. The molecule has 1 atom stereocenters. The Morgan fingerprint density at radius 2 is 2.33 bits per heavy atom. The summed E-state index contributed by atoms with van der Waals surface area (Å²) in [6.45, 7) is 5.40. The molecule has 0 aromatic carbocycles. The predicted octanol–water partition coefficient (Wildman–Crippen LogP) is 2.24. The summed E-state index contributed by atoms with van der Waals surface area (Å²) in [5.41, 5.74) is 4.20. The average Bonchev–Trinajstić information content (AvgIpc) is 2.80. The van der Waals surface area contributed by atoms with Crippen molar-refractivity contribution >= 4 is 11.8 Å². The van der Waals surface area contributed by atoms with Crippen molar-refractivity contribution in [2.24, 2.45) is 7.05 Å². The van der Waals surface area contributed by atoms with Crippen LogP contribution in [0.4, 0.5) is 0 Å². The van der Waals surface area contributed by atoms with Crippen LogP contribution in [0.25, 0.3) is 0 Å². The van der Waals surface area contributed by atoms with E-state index >= 15 is 0 Å².